The number of nitrogens with zero attached hydrogens (tertiary/aromatic N) is 1. The number of aryl methyl sites for hydroxylation is 1. The van der Waals surface area contributed by atoms with Gasteiger partial charge in [-0.1, -0.05) is 18.2 Å². The molecule has 0 aliphatic heterocycles. The van der Waals surface area contributed by atoms with Crippen LogP contribution in [-0.4, -0.2) is 4.57 Å². The van der Waals surface area contributed by atoms with Crippen LogP contribution in [0.1, 0.15) is 5.56 Å². The van der Waals surface area contributed by atoms with Crippen molar-refractivity contribution >= 4 is 22.5 Å². The van der Waals surface area contributed by atoms with Gasteiger partial charge in [-0.25, -0.2) is 0 Å². The molecule has 0 aliphatic carbocycles. The molecular formula is C11H10ClNO. The second-order valence-corrected chi connectivity index (χ2v) is 3.49. The summed E-state index contributed by atoms with van der Waals surface area (Å²) in [7, 11) is 1.76. The number of rotatable bonds is 1. The first-order valence-corrected chi connectivity index (χ1v) is 4.91. The Morgan fingerprint density at radius 2 is 2.07 bits per heavy atom. The number of para-hydroxylation sites is 1. The maximum atomic E-state index is 11.7. The molecule has 1 aromatic heterocycles. The van der Waals surface area contributed by atoms with E-state index in [0.29, 0.717) is 5.56 Å². The van der Waals surface area contributed by atoms with Crippen molar-refractivity contribution in [1.82, 2.24) is 4.57 Å². The summed E-state index contributed by atoms with van der Waals surface area (Å²) in [5, 5.41) is 1.05. The number of aromatic nitrogens is 1. The predicted octanol–water partition coefficient (Wildman–Crippen LogP) is 2.28. The Morgan fingerprint density at radius 3 is 2.79 bits per heavy atom. The van der Waals surface area contributed by atoms with Crippen molar-refractivity contribution in [3.05, 3.63) is 46.2 Å². The molecule has 0 atom stereocenters. The monoisotopic (exact) mass is 207 g/mol. The van der Waals surface area contributed by atoms with Gasteiger partial charge in [-0.15, -0.1) is 11.6 Å². The van der Waals surface area contributed by atoms with Gasteiger partial charge in [0.1, 0.15) is 0 Å². The van der Waals surface area contributed by atoms with E-state index in [-0.39, 0.29) is 11.4 Å². The van der Waals surface area contributed by atoms with Gasteiger partial charge in [0.25, 0.3) is 5.56 Å². The van der Waals surface area contributed by atoms with Gasteiger partial charge >= 0.3 is 0 Å². The van der Waals surface area contributed by atoms with Gasteiger partial charge in [-0.05, 0) is 17.5 Å². The number of pyridine rings is 1. The van der Waals surface area contributed by atoms with E-state index in [2.05, 4.69) is 0 Å². The van der Waals surface area contributed by atoms with Crippen molar-refractivity contribution in [1.29, 1.82) is 0 Å². The SMILES string of the molecule is Cn1c(=O)c(CCl)cc2ccccc21. The minimum atomic E-state index is -0.0151. The Bertz CT molecular complexity index is 530. The summed E-state index contributed by atoms with van der Waals surface area (Å²) in [4.78, 5) is 11.7. The molecule has 1 heterocycles. The quantitative estimate of drug-likeness (QED) is 0.658. The van der Waals surface area contributed by atoms with E-state index in [1.54, 1.807) is 11.6 Å². The van der Waals surface area contributed by atoms with Crippen molar-refractivity contribution in [2.45, 2.75) is 5.88 Å². The van der Waals surface area contributed by atoms with Crippen LogP contribution in [0.3, 0.4) is 0 Å². The summed E-state index contributed by atoms with van der Waals surface area (Å²) < 4.78 is 1.63. The fraction of sp³-hybridized carbons (Fsp3) is 0.182. The van der Waals surface area contributed by atoms with Crippen LogP contribution >= 0.6 is 11.6 Å². The molecule has 0 N–H and O–H groups in total. The summed E-state index contributed by atoms with van der Waals surface area (Å²) in [6.45, 7) is 0. The second kappa shape index (κ2) is 3.46. The average molecular weight is 208 g/mol. The standard InChI is InChI=1S/C11H10ClNO/c1-13-10-5-3-2-4-8(10)6-9(7-12)11(13)14/h2-6H,7H2,1H3. The van der Waals surface area contributed by atoms with Crippen molar-refractivity contribution in [2.75, 3.05) is 0 Å². The summed E-state index contributed by atoms with van der Waals surface area (Å²) in [5.41, 5.74) is 1.57. The van der Waals surface area contributed by atoms with Crippen LogP contribution in [0.2, 0.25) is 0 Å². The van der Waals surface area contributed by atoms with Crippen LogP contribution < -0.4 is 5.56 Å². The number of halogens is 1. The van der Waals surface area contributed by atoms with Crippen LogP contribution in [0.25, 0.3) is 10.9 Å². The lowest BCUT2D eigenvalue weighted by molar-refractivity contribution is 0.890. The zero-order valence-corrected chi connectivity index (χ0v) is 8.58. The summed E-state index contributed by atoms with van der Waals surface area (Å²) in [5.74, 6) is 0.261. The first-order chi connectivity index (χ1) is 6.74. The number of fused-ring (bicyclic) bond motifs is 1. The van der Waals surface area contributed by atoms with Gasteiger partial charge in [0.2, 0.25) is 0 Å². The lowest BCUT2D eigenvalue weighted by atomic mass is 10.1. The molecule has 0 fully saturated rings. The van der Waals surface area contributed by atoms with Crippen LogP contribution in [0, 0.1) is 0 Å². The second-order valence-electron chi connectivity index (χ2n) is 3.23. The molecule has 0 saturated carbocycles. The molecule has 14 heavy (non-hydrogen) atoms. The third-order valence-corrected chi connectivity index (χ3v) is 2.64. The lowest BCUT2D eigenvalue weighted by Gasteiger charge is -2.06. The zero-order chi connectivity index (χ0) is 10.1. The maximum absolute atomic E-state index is 11.7. The number of hydrogen-bond donors (Lipinski definition) is 0. The average Bonchev–Trinajstić information content (AvgIpc) is 2.23. The Balaban J connectivity index is 2.92. The highest BCUT2D eigenvalue weighted by atomic mass is 35.5. The van der Waals surface area contributed by atoms with E-state index in [1.165, 1.54) is 0 Å². The smallest absolute Gasteiger partial charge is 0.255 e. The van der Waals surface area contributed by atoms with Gasteiger partial charge in [-0.2, -0.15) is 0 Å². The molecule has 0 saturated heterocycles. The van der Waals surface area contributed by atoms with Gasteiger partial charge in [0, 0.05) is 12.6 Å². The highest BCUT2D eigenvalue weighted by molar-refractivity contribution is 6.17. The van der Waals surface area contributed by atoms with Crippen LogP contribution in [0.5, 0.6) is 0 Å². The van der Waals surface area contributed by atoms with Crippen molar-refractivity contribution in [2.24, 2.45) is 7.05 Å². The minimum absolute atomic E-state index is 0.0151. The van der Waals surface area contributed by atoms with Crippen LogP contribution in [0.4, 0.5) is 0 Å². The van der Waals surface area contributed by atoms with Gasteiger partial charge in [-0.3, -0.25) is 4.79 Å². The van der Waals surface area contributed by atoms with Crippen molar-refractivity contribution in [3.8, 4) is 0 Å². The number of benzene rings is 1. The van der Waals surface area contributed by atoms with Gasteiger partial charge in [0.05, 0.1) is 11.4 Å². The summed E-state index contributed by atoms with van der Waals surface area (Å²) in [6, 6.07) is 9.62. The van der Waals surface area contributed by atoms with E-state index < -0.39 is 0 Å². The Morgan fingerprint density at radius 1 is 1.36 bits per heavy atom. The number of alkyl halides is 1. The molecule has 0 bridgehead atoms. The summed E-state index contributed by atoms with van der Waals surface area (Å²) in [6.07, 6.45) is 0. The van der Waals surface area contributed by atoms with Crippen molar-refractivity contribution < 1.29 is 0 Å². The van der Waals surface area contributed by atoms with E-state index in [0.717, 1.165) is 10.9 Å². The molecular weight excluding hydrogens is 198 g/mol. The highest BCUT2D eigenvalue weighted by Crippen LogP contribution is 2.12. The third kappa shape index (κ3) is 1.32. The van der Waals surface area contributed by atoms with E-state index in [9.17, 15) is 4.79 Å². The Labute approximate surface area is 86.7 Å². The first-order valence-electron chi connectivity index (χ1n) is 4.37. The van der Waals surface area contributed by atoms with E-state index >= 15 is 0 Å². The molecule has 2 aromatic rings. The molecule has 0 spiro atoms. The first kappa shape index (κ1) is 9.28. The van der Waals surface area contributed by atoms with E-state index in [1.807, 2.05) is 30.3 Å². The van der Waals surface area contributed by atoms with E-state index in [4.69, 9.17) is 11.6 Å². The fourth-order valence-electron chi connectivity index (χ4n) is 1.59. The molecule has 72 valence electrons. The van der Waals surface area contributed by atoms with Gasteiger partial charge < -0.3 is 4.57 Å². The molecule has 0 aliphatic rings. The summed E-state index contributed by atoms with van der Waals surface area (Å²) >= 11 is 5.69. The Hall–Kier alpha value is -1.28. The fourth-order valence-corrected chi connectivity index (χ4v) is 1.78. The zero-order valence-electron chi connectivity index (χ0n) is 7.83. The normalized spacial score (nSPS) is 10.7. The topological polar surface area (TPSA) is 22.0 Å². The van der Waals surface area contributed by atoms with Crippen LogP contribution in [-0.2, 0) is 12.9 Å². The lowest BCUT2D eigenvalue weighted by Crippen LogP contribution is -2.20. The molecule has 3 heteroatoms. The Kier molecular flexibility index (Phi) is 2.30. The molecule has 0 unspecified atom stereocenters. The largest absolute Gasteiger partial charge is 0.311 e. The maximum Gasteiger partial charge on any atom is 0.255 e. The molecule has 0 radical (unpaired) electrons. The third-order valence-electron chi connectivity index (χ3n) is 2.35. The van der Waals surface area contributed by atoms with Crippen molar-refractivity contribution in [3.63, 3.8) is 0 Å². The number of hydrogen-bond acceptors (Lipinski definition) is 1. The molecule has 1 aromatic carbocycles. The van der Waals surface area contributed by atoms with Crippen LogP contribution in [0.15, 0.2) is 35.1 Å². The molecule has 0 amide bonds. The van der Waals surface area contributed by atoms with Gasteiger partial charge in [0.15, 0.2) is 0 Å². The molecule has 2 nitrogen and oxygen atoms in total. The minimum Gasteiger partial charge on any atom is -0.311 e. The highest BCUT2D eigenvalue weighted by Gasteiger charge is 2.04. The predicted molar refractivity (Wildman–Crippen MR) is 58.7 cm³/mol. The molecule has 2 rings (SSSR count).